The highest BCUT2D eigenvalue weighted by molar-refractivity contribution is 5.91. The Morgan fingerprint density at radius 3 is 2.64 bits per heavy atom. The van der Waals surface area contributed by atoms with Gasteiger partial charge in [-0.1, -0.05) is 24.3 Å². The molecular weight excluding hydrogens is 418 g/mol. The minimum atomic E-state index is 0.127. The van der Waals surface area contributed by atoms with Gasteiger partial charge >= 0.3 is 6.01 Å². The van der Waals surface area contributed by atoms with Crippen LogP contribution in [0.2, 0.25) is 0 Å². The second kappa shape index (κ2) is 10.1. The highest BCUT2D eigenvalue weighted by Gasteiger charge is 2.28. The molecule has 4 heterocycles. The summed E-state index contributed by atoms with van der Waals surface area (Å²) in [7, 11) is 0. The van der Waals surface area contributed by atoms with Crippen LogP contribution < -0.4 is 15.4 Å². The fourth-order valence-electron chi connectivity index (χ4n) is 4.99. The molecule has 2 N–H and O–H groups in total. The van der Waals surface area contributed by atoms with Crippen LogP contribution in [0.1, 0.15) is 42.4 Å². The van der Waals surface area contributed by atoms with Crippen molar-refractivity contribution in [3.63, 3.8) is 0 Å². The summed E-state index contributed by atoms with van der Waals surface area (Å²) in [6, 6.07) is 8.92. The smallest absolute Gasteiger partial charge is 0.320 e. The zero-order chi connectivity index (χ0) is 22.6. The van der Waals surface area contributed by atoms with Gasteiger partial charge in [0.05, 0.1) is 13.2 Å². The standard InChI is InChI=1S/C25H33N5O3/c26-23-22-13-21(31)16-30(15-20-5-3-4-19(12-20)14-29-8-1-2-9-29)24(22)28-25(27-23)33-17-18-6-10-32-11-7-18/h3-5,12,18H,1-2,6-11,13-17H2,(H2,26,27,28). The van der Waals surface area contributed by atoms with E-state index >= 15 is 0 Å². The second-order valence-corrected chi connectivity index (χ2v) is 9.44. The number of likely N-dealkylation sites (tertiary alicyclic amines) is 1. The van der Waals surface area contributed by atoms with Crippen molar-refractivity contribution in [3.8, 4) is 6.01 Å². The van der Waals surface area contributed by atoms with Crippen molar-refractivity contribution < 1.29 is 14.3 Å². The van der Waals surface area contributed by atoms with Crippen molar-refractivity contribution in [1.82, 2.24) is 14.9 Å². The molecule has 1 aromatic heterocycles. The monoisotopic (exact) mass is 451 g/mol. The average Bonchev–Trinajstić information content (AvgIpc) is 3.32. The molecule has 2 fully saturated rings. The van der Waals surface area contributed by atoms with E-state index in [0.717, 1.165) is 38.2 Å². The zero-order valence-corrected chi connectivity index (χ0v) is 19.2. The maximum atomic E-state index is 12.5. The predicted octanol–water partition coefficient (Wildman–Crippen LogP) is 2.59. The number of ether oxygens (including phenoxy) is 2. The molecule has 3 aliphatic heterocycles. The van der Waals surface area contributed by atoms with Crippen LogP contribution in [0.3, 0.4) is 0 Å². The second-order valence-electron chi connectivity index (χ2n) is 9.44. The number of hydrogen-bond donors (Lipinski definition) is 1. The van der Waals surface area contributed by atoms with Crippen LogP contribution in [0, 0.1) is 5.92 Å². The lowest BCUT2D eigenvalue weighted by molar-refractivity contribution is -0.117. The first-order valence-corrected chi connectivity index (χ1v) is 12.1. The Bertz CT molecular complexity index is 986. The average molecular weight is 452 g/mol. The van der Waals surface area contributed by atoms with Crippen LogP contribution >= 0.6 is 0 Å². The lowest BCUT2D eigenvalue weighted by Crippen LogP contribution is -2.37. The van der Waals surface area contributed by atoms with Crippen LogP contribution in [-0.4, -0.2) is 60.1 Å². The minimum Gasteiger partial charge on any atom is -0.463 e. The highest BCUT2D eigenvalue weighted by atomic mass is 16.5. The molecule has 0 atom stereocenters. The molecular formula is C25H33N5O3. The first-order chi connectivity index (χ1) is 16.1. The molecule has 2 aromatic rings. The van der Waals surface area contributed by atoms with Gasteiger partial charge in [0, 0.05) is 38.3 Å². The maximum Gasteiger partial charge on any atom is 0.320 e. The van der Waals surface area contributed by atoms with E-state index < -0.39 is 0 Å². The lowest BCUT2D eigenvalue weighted by atomic mass is 10.0. The number of ketones is 1. The number of anilines is 2. The fourth-order valence-corrected chi connectivity index (χ4v) is 4.99. The number of rotatable bonds is 7. The number of aromatic nitrogens is 2. The predicted molar refractivity (Wildman–Crippen MR) is 126 cm³/mol. The molecule has 3 aliphatic rings. The van der Waals surface area contributed by atoms with E-state index in [2.05, 4.69) is 34.1 Å². The molecule has 33 heavy (non-hydrogen) atoms. The third kappa shape index (κ3) is 5.45. The van der Waals surface area contributed by atoms with Gasteiger partial charge in [0.25, 0.3) is 0 Å². The summed E-state index contributed by atoms with van der Waals surface area (Å²) in [5.74, 6) is 1.62. The first kappa shape index (κ1) is 22.1. The van der Waals surface area contributed by atoms with Crippen LogP contribution in [0.15, 0.2) is 24.3 Å². The number of hydrogen-bond acceptors (Lipinski definition) is 8. The van der Waals surface area contributed by atoms with E-state index in [1.165, 1.54) is 31.5 Å². The van der Waals surface area contributed by atoms with Crippen molar-refractivity contribution in [3.05, 3.63) is 41.0 Å². The molecule has 0 bridgehead atoms. The molecule has 8 nitrogen and oxygen atoms in total. The topological polar surface area (TPSA) is 93.8 Å². The summed E-state index contributed by atoms with van der Waals surface area (Å²) in [5, 5.41) is 0. The Morgan fingerprint density at radius 1 is 1.09 bits per heavy atom. The van der Waals surface area contributed by atoms with Gasteiger partial charge in [-0.15, -0.1) is 0 Å². The van der Waals surface area contributed by atoms with E-state index in [4.69, 9.17) is 20.2 Å². The van der Waals surface area contributed by atoms with Gasteiger partial charge < -0.3 is 20.1 Å². The van der Waals surface area contributed by atoms with Gasteiger partial charge in [0.2, 0.25) is 0 Å². The highest BCUT2D eigenvalue weighted by Crippen LogP contribution is 2.31. The summed E-state index contributed by atoms with van der Waals surface area (Å²) in [6.45, 7) is 6.33. The summed E-state index contributed by atoms with van der Waals surface area (Å²) < 4.78 is 11.4. The number of benzene rings is 1. The quantitative estimate of drug-likeness (QED) is 0.687. The molecule has 0 spiro atoms. The van der Waals surface area contributed by atoms with Crippen molar-refractivity contribution in [1.29, 1.82) is 0 Å². The molecule has 5 rings (SSSR count). The summed E-state index contributed by atoms with van der Waals surface area (Å²) >= 11 is 0. The molecule has 0 saturated carbocycles. The van der Waals surface area contributed by atoms with E-state index in [0.29, 0.717) is 48.8 Å². The zero-order valence-electron chi connectivity index (χ0n) is 19.2. The van der Waals surface area contributed by atoms with Gasteiger partial charge in [-0.05, 0) is 55.8 Å². The van der Waals surface area contributed by atoms with Crippen LogP contribution in [0.5, 0.6) is 6.01 Å². The molecule has 176 valence electrons. The normalized spacial score (nSPS) is 19.6. The summed E-state index contributed by atoms with van der Waals surface area (Å²) in [6.07, 6.45) is 4.80. The third-order valence-corrected chi connectivity index (χ3v) is 6.80. The van der Waals surface area contributed by atoms with Crippen LogP contribution in [0.4, 0.5) is 11.6 Å². The SMILES string of the molecule is Nc1nc(OCC2CCOCC2)nc2c1CC(=O)CN2Cc1cccc(CN2CCCC2)c1. The number of Topliss-reactive ketones (excluding diaryl/α,β-unsaturated/α-hetero) is 1. The molecule has 8 heteroatoms. The Balaban J connectivity index is 1.32. The first-order valence-electron chi connectivity index (χ1n) is 12.1. The number of carbonyl (C=O) groups excluding carboxylic acids is 1. The summed E-state index contributed by atoms with van der Waals surface area (Å²) in [5.41, 5.74) is 9.42. The third-order valence-electron chi connectivity index (χ3n) is 6.80. The van der Waals surface area contributed by atoms with Gasteiger partial charge in [-0.2, -0.15) is 9.97 Å². The van der Waals surface area contributed by atoms with Crippen molar-refractivity contribution in [2.75, 3.05) is 50.1 Å². The Labute approximate surface area is 195 Å². The van der Waals surface area contributed by atoms with E-state index in [9.17, 15) is 4.79 Å². The number of carbonyl (C=O) groups is 1. The van der Waals surface area contributed by atoms with Crippen LogP contribution in [-0.2, 0) is 29.0 Å². The van der Waals surface area contributed by atoms with Crippen molar-refractivity contribution in [2.45, 2.75) is 45.2 Å². The van der Waals surface area contributed by atoms with Crippen LogP contribution in [0.25, 0.3) is 0 Å². The molecule has 2 saturated heterocycles. The number of nitrogens with zero attached hydrogens (tertiary/aromatic N) is 4. The molecule has 0 aliphatic carbocycles. The van der Waals surface area contributed by atoms with Gasteiger partial charge in [0.1, 0.15) is 11.6 Å². The lowest BCUT2D eigenvalue weighted by Gasteiger charge is -2.30. The minimum absolute atomic E-state index is 0.127. The van der Waals surface area contributed by atoms with Gasteiger partial charge in [-0.25, -0.2) is 0 Å². The molecule has 1 aromatic carbocycles. The maximum absolute atomic E-state index is 12.5. The molecule has 0 amide bonds. The van der Waals surface area contributed by atoms with E-state index in [1.807, 2.05) is 4.90 Å². The number of nitrogen functional groups attached to an aromatic ring is 1. The van der Waals surface area contributed by atoms with Gasteiger partial charge in [0.15, 0.2) is 5.78 Å². The number of nitrogens with two attached hydrogens (primary N) is 1. The molecule has 0 radical (unpaired) electrons. The van der Waals surface area contributed by atoms with E-state index in [1.54, 1.807) is 0 Å². The van der Waals surface area contributed by atoms with E-state index in [-0.39, 0.29) is 12.2 Å². The molecule has 0 unspecified atom stereocenters. The van der Waals surface area contributed by atoms with Crippen molar-refractivity contribution in [2.24, 2.45) is 5.92 Å². The number of fused-ring (bicyclic) bond motifs is 1. The van der Waals surface area contributed by atoms with Crippen molar-refractivity contribution >= 4 is 17.4 Å². The fraction of sp³-hybridized carbons (Fsp3) is 0.560. The Hall–Kier alpha value is -2.71. The Kier molecular flexibility index (Phi) is 6.73. The largest absolute Gasteiger partial charge is 0.463 e. The summed E-state index contributed by atoms with van der Waals surface area (Å²) in [4.78, 5) is 26.0. The van der Waals surface area contributed by atoms with Gasteiger partial charge in [-0.3, -0.25) is 9.69 Å². The Morgan fingerprint density at radius 2 is 1.85 bits per heavy atom.